The maximum absolute atomic E-state index is 6.11. The van der Waals surface area contributed by atoms with Crippen LogP contribution < -0.4 is 0 Å². The first-order chi connectivity index (χ1) is 11.7. The van der Waals surface area contributed by atoms with Gasteiger partial charge in [-0.3, -0.25) is 9.88 Å². The van der Waals surface area contributed by atoms with E-state index in [0.717, 1.165) is 53.6 Å². The summed E-state index contributed by atoms with van der Waals surface area (Å²) in [6.07, 6.45) is 6.32. The highest BCUT2D eigenvalue weighted by molar-refractivity contribution is 7.16. The first kappa shape index (κ1) is 15.9. The normalized spacial score (nSPS) is 14.6. The van der Waals surface area contributed by atoms with Crippen LogP contribution in [0.4, 0.5) is 0 Å². The van der Waals surface area contributed by atoms with Gasteiger partial charge in [0.2, 0.25) is 0 Å². The third-order valence-electron chi connectivity index (χ3n) is 3.94. The first-order valence-corrected chi connectivity index (χ1v) is 9.04. The van der Waals surface area contributed by atoms with Crippen molar-refractivity contribution in [3.63, 3.8) is 0 Å². The van der Waals surface area contributed by atoms with E-state index in [0.29, 0.717) is 9.62 Å². The molecule has 8 heteroatoms. The number of hydrogen-bond acceptors (Lipinski definition) is 6. The van der Waals surface area contributed by atoms with Gasteiger partial charge in [0.1, 0.15) is 5.15 Å². The van der Waals surface area contributed by atoms with Crippen molar-refractivity contribution in [3.8, 4) is 11.4 Å². The van der Waals surface area contributed by atoms with Crippen molar-refractivity contribution in [2.24, 2.45) is 0 Å². The van der Waals surface area contributed by atoms with Crippen molar-refractivity contribution in [3.05, 3.63) is 56.5 Å². The molecule has 0 saturated heterocycles. The summed E-state index contributed by atoms with van der Waals surface area (Å²) in [6.45, 7) is 2.47. The summed E-state index contributed by atoms with van der Waals surface area (Å²) in [6, 6.07) is 3.85. The van der Waals surface area contributed by atoms with Crippen LogP contribution in [0.5, 0.6) is 0 Å². The molecule has 0 unspecified atom stereocenters. The summed E-state index contributed by atoms with van der Waals surface area (Å²) in [5, 5.41) is 0.500. The molecule has 3 aromatic heterocycles. The van der Waals surface area contributed by atoms with Gasteiger partial charge < -0.3 is 0 Å². The Morgan fingerprint density at radius 2 is 2.00 bits per heavy atom. The molecule has 0 aliphatic carbocycles. The third kappa shape index (κ3) is 3.28. The Labute approximate surface area is 153 Å². The van der Waals surface area contributed by atoms with Crippen LogP contribution in [0.1, 0.15) is 16.1 Å². The number of halogens is 2. The van der Waals surface area contributed by atoms with Crippen molar-refractivity contribution < 1.29 is 0 Å². The molecule has 0 spiro atoms. The molecule has 0 aromatic carbocycles. The molecule has 1 aliphatic heterocycles. The molecule has 122 valence electrons. The van der Waals surface area contributed by atoms with Crippen LogP contribution in [0.15, 0.2) is 30.7 Å². The fourth-order valence-electron chi connectivity index (χ4n) is 2.76. The summed E-state index contributed by atoms with van der Waals surface area (Å²) in [5.74, 6) is 0.752. The van der Waals surface area contributed by atoms with Crippen molar-refractivity contribution in [1.82, 2.24) is 24.8 Å². The van der Waals surface area contributed by atoms with E-state index in [1.54, 1.807) is 12.4 Å². The molecule has 4 heterocycles. The predicted octanol–water partition coefficient (Wildman–Crippen LogP) is 3.86. The van der Waals surface area contributed by atoms with Gasteiger partial charge in [-0.2, -0.15) is 0 Å². The van der Waals surface area contributed by atoms with Crippen LogP contribution in [-0.2, 0) is 19.5 Å². The Morgan fingerprint density at radius 1 is 1.17 bits per heavy atom. The second-order valence-corrected chi connectivity index (χ2v) is 7.57. The van der Waals surface area contributed by atoms with E-state index in [4.69, 9.17) is 28.2 Å². The fourth-order valence-corrected chi connectivity index (χ4v) is 4.19. The molecule has 0 N–H and O–H groups in total. The Morgan fingerprint density at radius 3 is 2.75 bits per heavy atom. The highest BCUT2D eigenvalue weighted by Gasteiger charge is 2.21. The molecule has 3 aromatic rings. The minimum atomic E-state index is 0.484. The van der Waals surface area contributed by atoms with Crippen LogP contribution in [-0.4, -0.2) is 31.4 Å². The van der Waals surface area contributed by atoms with Gasteiger partial charge in [-0.25, -0.2) is 15.0 Å². The van der Waals surface area contributed by atoms with Crippen molar-refractivity contribution >= 4 is 34.5 Å². The predicted molar refractivity (Wildman–Crippen MR) is 95.2 cm³/mol. The quantitative estimate of drug-likeness (QED) is 0.693. The topological polar surface area (TPSA) is 54.8 Å². The Hall–Kier alpha value is -1.60. The number of nitrogens with zero attached hydrogens (tertiary/aromatic N) is 5. The first-order valence-electron chi connectivity index (χ1n) is 7.47. The molecular formula is C16H13Cl2N5S. The lowest BCUT2D eigenvalue weighted by Gasteiger charge is -2.27. The monoisotopic (exact) mass is 377 g/mol. The molecule has 0 bridgehead atoms. The van der Waals surface area contributed by atoms with Crippen molar-refractivity contribution in [2.45, 2.75) is 19.5 Å². The van der Waals surface area contributed by atoms with Crippen molar-refractivity contribution in [2.75, 3.05) is 6.54 Å². The summed E-state index contributed by atoms with van der Waals surface area (Å²) in [7, 11) is 0. The number of fused-ring (bicyclic) bond motifs is 1. The molecule has 0 fully saturated rings. The molecule has 24 heavy (non-hydrogen) atoms. The zero-order chi connectivity index (χ0) is 16.5. The summed E-state index contributed by atoms with van der Waals surface area (Å²) >= 11 is 13.5. The lowest BCUT2D eigenvalue weighted by molar-refractivity contribution is 0.245. The molecule has 0 atom stereocenters. The van der Waals surface area contributed by atoms with Gasteiger partial charge in [0.25, 0.3) is 0 Å². The van der Waals surface area contributed by atoms with E-state index >= 15 is 0 Å². The van der Waals surface area contributed by atoms with Crippen LogP contribution in [0, 0.1) is 0 Å². The van der Waals surface area contributed by atoms with Gasteiger partial charge in [-0.15, -0.1) is 11.3 Å². The summed E-state index contributed by atoms with van der Waals surface area (Å²) < 4.78 is 0.484. The van der Waals surface area contributed by atoms with Gasteiger partial charge in [-0.1, -0.05) is 23.2 Å². The van der Waals surface area contributed by atoms with Gasteiger partial charge >= 0.3 is 0 Å². The van der Waals surface area contributed by atoms with Gasteiger partial charge in [0.15, 0.2) is 10.3 Å². The zero-order valence-corrected chi connectivity index (χ0v) is 14.9. The van der Waals surface area contributed by atoms with E-state index in [-0.39, 0.29) is 0 Å². The zero-order valence-electron chi connectivity index (χ0n) is 12.6. The molecule has 0 amide bonds. The van der Waals surface area contributed by atoms with E-state index in [9.17, 15) is 0 Å². The number of aromatic nitrogens is 4. The third-order valence-corrected chi connectivity index (χ3v) is 5.51. The van der Waals surface area contributed by atoms with Gasteiger partial charge in [0.05, 0.1) is 10.6 Å². The molecule has 0 saturated carbocycles. The van der Waals surface area contributed by atoms with Crippen LogP contribution in [0.25, 0.3) is 11.4 Å². The van der Waals surface area contributed by atoms with Crippen LogP contribution in [0.2, 0.25) is 9.62 Å². The van der Waals surface area contributed by atoms with Crippen LogP contribution in [0.3, 0.4) is 0 Å². The number of hydrogen-bond donors (Lipinski definition) is 0. The maximum Gasteiger partial charge on any atom is 0.185 e. The lowest BCUT2D eigenvalue weighted by atomic mass is 10.1. The average molecular weight is 378 g/mol. The Bertz CT molecular complexity index is 868. The Balaban J connectivity index is 1.53. The second kappa shape index (κ2) is 6.72. The molecule has 1 aliphatic rings. The molecule has 0 radical (unpaired) electrons. The van der Waals surface area contributed by atoms with Gasteiger partial charge in [0, 0.05) is 55.8 Å². The minimum absolute atomic E-state index is 0.484. The number of rotatable bonds is 3. The second-order valence-electron chi connectivity index (χ2n) is 5.54. The van der Waals surface area contributed by atoms with E-state index in [1.807, 2.05) is 18.3 Å². The maximum atomic E-state index is 6.11. The van der Waals surface area contributed by atoms with E-state index < -0.39 is 0 Å². The highest BCUT2D eigenvalue weighted by Crippen LogP contribution is 2.29. The standard InChI is InChI=1S/C16H13Cl2N5S/c17-14-13(24-16(18)22-14)9-23-6-3-12-11(8-23)7-20-15(21-12)10-1-4-19-5-2-10/h1-2,4-5,7H,3,6,8-9H2. The Kier molecular flexibility index (Phi) is 4.45. The largest absolute Gasteiger partial charge is 0.293 e. The molecular weight excluding hydrogens is 365 g/mol. The van der Waals surface area contributed by atoms with E-state index in [2.05, 4.69) is 19.9 Å². The van der Waals surface area contributed by atoms with E-state index in [1.165, 1.54) is 11.3 Å². The van der Waals surface area contributed by atoms with Crippen molar-refractivity contribution in [1.29, 1.82) is 0 Å². The molecule has 5 nitrogen and oxygen atoms in total. The minimum Gasteiger partial charge on any atom is -0.293 e. The number of thiazole rings is 1. The number of pyridine rings is 1. The van der Waals surface area contributed by atoms with Crippen LogP contribution >= 0.6 is 34.5 Å². The fraction of sp³-hybridized carbons (Fsp3) is 0.250. The summed E-state index contributed by atoms with van der Waals surface area (Å²) in [5.41, 5.74) is 3.26. The summed E-state index contributed by atoms with van der Waals surface area (Å²) in [4.78, 5) is 20.6. The SMILES string of the molecule is Clc1nc(Cl)c(CN2CCc3nc(-c4ccncc4)ncc3C2)s1. The average Bonchev–Trinajstić information content (AvgIpc) is 2.92. The highest BCUT2D eigenvalue weighted by atomic mass is 35.5. The van der Waals surface area contributed by atoms with Gasteiger partial charge in [-0.05, 0) is 12.1 Å². The molecule has 4 rings (SSSR count). The lowest BCUT2D eigenvalue weighted by Crippen LogP contribution is -2.30. The smallest absolute Gasteiger partial charge is 0.185 e.